The number of hydrogen-bond acceptors (Lipinski definition) is 4. The van der Waals surface area contributed by atoms with Crippen LogP contribution < -0.4 is 0 Å². The van der Waals surface area contributed by atoms with Crippen molar-refractivity contribution in [1.82, 2.24) is 0 Å². The standard InChI is InChI=1S/C10H18O3.C5H10O/c1-10(2)5-7-8(13-10)3-4-12-9(7)6-11;1-3-4-5(2)6/h7-9,11H,3-6H2,1-2H3;3-4H2,1-2H3. The maximum absolute atomic E-state index is 10.0. The van der Waals surface area contributed by atoms with Crippen LogP contribution in [0.2, 0.25) is 0 Å². The molecule has 0 radical (unpaired) electrons. The zero-order valence-electron chi connectivity index (χ0n) is 12.6. The molecule has 2 aliphatic rings. The average Bonchev–Trinajstić information content (AvgIpc) is 2.63. The Balaban J connectivity index is 0.000000258. The Hall–Kier alpha value is -0.450. The van der Waals surface area contributed by atoms with Crippen LogP contribution in [0.3, 0.4) is 0 Å². The van der Waals surface area contributed by atoms with Gasteiger partial charge >= 0.3 is 0 Å². The number of aliphatic hydroxyl groups is 1. The van der Waals surface area contributed by atoms with Gasteiger partial charge in [-0.3, -0.25) is 0 Å². The number of carbonyl (C=O) groups is 1. The van der Waals surface area contributed by atoms with E-state index in [0.717, 1.165) is 32.3 Å². The molecule has 2 fully saturated rings. The van der Waals surface area contributed by atoms with Crippen LogP contribution in [0, 0.1) is 5.92 Å². The summed E-state index contributed by atoms with van der Waals surface area (Å²) in [4.78, 5) is 10.0. The van der Waals surface area contributed by atoms with Crippen LogP contribution in [0.5, 0.6) is 0 Å². The third kappa shape index (κ3) is 5.21. The highest BCUT2D eigenvalue weighted by Crippen LogP contribution is 2.40. The lowest BCUT2D eigenvalue weighted by molar-refractivity contribution is -0.117. The molecule has 0 amide bonds. The van der Waals surface area contributed by atoms with E-state index in [9.17, 15) is 4.79 Å². The van der Waals surface area contributed by atoms with E-state index >= 15 is 0 Å². The van der Waals surface area contributed by atoms with Crippen molar-refractivity contribution >= 4 is 5.78 Å². The van der Waals surface area contributed by atoms with Gasteiger partial charge in [0.25, 0.3) is 0 Å². The molecule has 2 aliphatic heterocycles. The molecule has 4 nitrogen and oxygen atoms in total. The Kier molecular flexibility index (Phi) is 6.43. The minimum Gasteiger partial charge on any atom is -0.394 e. The summed E-state index contributed by atoms with van der Waals surface area (Å²) in [5.74, 6) is 0.686. The number of carbonyl (C=O) groups excluding carboxylic acids is 1. The van der Waals surface area contributed by atoms with Gasteiger partial charge in [0.15, 0.2) is 0 Å². The van der Waals surface area contributed by atoms with Crippen molar-refractivity contribution < 1.29 is 19.4 Å². The number of rotatable bonds is 3. The summed E-state index contributed by atoms with van der Waals surface area (Å²) in [5.41, 5.74) is -0.0313. The fourth-order valence-electron chi connectivity index (χ4n) is 2.89. The predicted molar refractivity (Wildman–Crippen MR) is 74.1 cm³/mol. The van der Waals surface area contributed by atoms with Crippen LogP contribution in [-0.2, 0) is 14.3 Å². The first kappa shape index (κ1) is 16.6. The first-order valence-electron chi connectivity index (χ1n) is 7.29. The Bertz CT molecular complexity index is 288. The molecule has 0 aromatic carbocycles. The number of aliphatic hydroxyl groups excluding tert-OH is 1. The largest absolute Gasteiger partial charge is 0.394 e. The molecule has 4 heteroatoms. The van der Waals surface area contributed by atoms with E-state index in [2.05, 4.69) is 13.8 Å². The third-order valence-corrected chi connectivity index (χ3v) is 3.67. The molecule has 19 heavy (non-hydrogen) atoms. The quantitative estimate of drug-likeness (QED) is 0.856. The van der Waals surface area contributed by atoms with Crippen LogP contribution in [0.25, 0.3) is 0 Å². The molecule has 112 valence electrons. The smallest absolute Gasteiger partial charge is 0.129 e. The summed E-state index contributed by atoms with van der Waals surface area (Å²) in [6.45, 7) is 8.69. The van der Waals surface area contributed by atoms with Crippen molar-refractivity contribution in [3.63, 3.8) is 0 Å². The predicted octanol–water partition coefficient (Wildman–Crippen LogP) is 2.33. The van der Waals surface area contributed by atoms with Crippen molar-refractivity contribution in [2.24, 2.45) is 5.92 Å². The molecule has 0 saturated carbocycles. The second kappa shape index (κ2) is 7.36. The molecule has 3 unspecified atom stereocenters. The Morgan fingerprint density at radius 1 is 1.42 bits per heavy atom. The molecular formula is C15H28O4. The number of ether oxygens (including phenoxy) is 2. The van der Waals surface area contributed by atoms with Crippen molar-refractivity contribution in [3.05, 3.63) is 0 Å². The topological polar surface area (TPSA) is 55.8 Å². The number of Topliss-reactive ketones (excluding diaryl/α,β-unsaturated/α-hetero) is 1. The van der Waals surface area contributed by atoms with Gasteiger partial charge in [0.1, 0.15) is 5.78 Å². The minimum absolute atomic E-state index is 0.000486. The van der Waals surface area contributed by atoms with Crippen LogP contribution in [0.4, 0.5) is 0 Å². The molecule has 0 aromatic rings. The van der Waals surface area contributed by atoms with Gasteiger partial charge in [-0.05, 0) is 40.0 Å². The number of ketones is 1. The molecule has 2 rings (SSSR count). The fourth-order valence-corrected chi connectivity index (χ4v) is 2.89. The molecule has 3 atom stereocenters. The lowest BCUT2D eigenvalue weighted by Crippen LogP contribution is -2.39. The van der Waals surface area contributed by atoms with Crippen LogP contribution in [0.15, 0.2) is 0 Å². The zero-order chi connectivity index (χ0) is 14.5. The van der Waals surface area contributed by atoms with Gasteiger partial charge in [-0.25, -0.2) is 0 Å². The van der Waals surface area contributed by atoms with E-state index < -0.39 is 0 Å². The summed E-state index contributed by atoms with van der Waals surface area (Å²) >= 11 is 0. The molecule has 0 spiro atoms. The van der Waals surface area contributed by atoms with Gasteiger partial charge in [-0.1, -0.05) is 6.92 Å². The molecule has 2 heterocycles. The first-order valence-corrected chi connectivity index (χ1v) is 7.29. The highest BCUT2D eigenvalue weighted by Gasteiger charge is 2.45. The van der Waals surface area contributed by atoms with Gasteiger partial charge < -0.3 is 19.4 Å². The van der Waals surface area contributed by atoms with E-state index in [1.807, 2.05) is 6.92 Å². The van der Waals surface area contributed by atoms with E-state index in [0.29, 0.717) is 12.0 Å². The lowest BCUT2D eigenvalue weighted by Gasteiger charge is -2.31. The van der Waals surface area contributed by atoms with Gasteiger partial charge in [0, 0.05) is 18.9 Å². The highest BCUT2D eigenvalue weighted by molar-refractivity contribution is 5.75. The third-order valence-electron chi connectivity index (χ3n) is 3.67. The highest BCUT2D eigenvalue weighted by atomic mass is 16.5. The molecule has 0 aliphatic carbocycles. The average molecular weight is 272 g/mol. The van der Waals surface area contributed by atoms with Gasteiger partial charge in [-0.15, -0.1) is 0 Å². The number of hydrogen-bond donors (Lipinski definition) is 1. The first-order chi connectivity index (χ1) is 8.89. The summed E-state index contributed by atoms with van der Waals surface area (Å²) < 4.78 is 11.4. The summed E-state index contributed by atoms with van der Waals surface area (Å²) in [7, 11) is 0. The van der Waals surface area contributed by atoms with E-state index in [-0.39, 0.29) is 24.1 Å². The Labute approximate surface area is 116 Å². The van der Waals surface area contributed by atoms with E-state index in [1.165, 1.54) is 0 Å². The molecule has 1 N–H and O–H groups in total. The van der Waals surface area contributed by atoms with Crippen LogP contribution in [-0.4, -0.2) is 41.9 Å². The molecule has 0 bridgehead atoms. The lowest BCUT2D eigenvalue weighted by atomic mass is 9.87. The van der Waals surface area contributed by atoms with Gasteiger partial charge in [0.2, 0.25) is 0 Å². The maximum Gasteiger partial charge on any atom is 0.129 e. The van der Waals surface area contributed by atoms with Gasteiger partial charge in [-0.2, -0.15) is 0 Å². The fraction of sp³-hybridized carbons (Fsp3) is 0.933. The monoisotopic (exact) mass is 272 g/mol. The van der Waals surface area contributed by atoms with E-state index in [4.69, 9.17) is 14.6 Å². The number of fused-ring (bicyclic) bond motifs is 1. The van der Waals surface area contributed by atoms with Crippen molar-refractivity contribution in [1.29, 1.82) is 0 Å². The zero-order valence-corrected chi connectivity index (χ0v) is 12.6. The van der Waals surface area contributed by atoms with Crippen molar-refractivity contribution in [2.45, 2.75) is 71.2 Å². The molecular weight excluding hydrogens is 244 g/mol. The normalized spacial score (nSPS) is 32.2. The summed E-state index contributed by atoms with van der Waals surface area (Å²) in [5, 5.41) is 9.13. The maximum atomic E-state index is 10.0. The SMILES string of the molecule is CC1(C)CC2C(CO)OCCC2O1.CCCC(C)=O. The Morgan fingerprint density at radius 2 is 2.11 bits per heavy atom. The van der Waals surface area contributed by atoms with Crippen LogP contribution in [0.1, 0.15) is 53.4 Å². The van der Waals surface area contributed by atoms with Crippen molar-refractivity contribution in [2.75, 3.05) is 13.2 Å². The van der Waals surface area contributed by atoms with Crippen molar-refractivity contribution in [3.8, 4) is 0 Å². The van der Waals surface area contributed by atoms with E-state index in [1.54, 1.807) is 6.92 Å². The van der Waals surface area contributed by atoms with Crippen LogP contribution >= 0.6 is 0 Å². The second-order valence-electron chi connectivity index (χ2n) is 6.12. The Morgan fingerprint density at radius 3 is 2.58 bits per heavy atom. The summed E-state index contributed by atoms with van der Waals surface area (Å²) in [6, 6.07) is 0. The molecule has 2 saturated heterocycles. The summed E-state index contributed by atoms with van der Waals surface area (Å²) in [6.07, 6.45) is 4.00. The van der Waals surface area contributed by atoms with Gasteiger partial charge in [0.05, 0.1) is 24.4 Å². The minimum atomic E-state index is -0.0313. The second-order valence-corrected chi connectivity index (χ2v) is 6.12. The molecule has 0 aromatic heterocycles.